The average Bonchev–Trinajstić information content (AvgIpc) is 3.41. The molecular weight excluding hydrogens is 548 g/mol. The summed E-state index contributed by atoms with van der Waals surface area (Å²) in [6.45, 7) is 10.3. The zero-order chi connectivity index (χ0) is 30.8. The number of ketones is 1. The molecule has 3 aliphatic carbocycles. The fourth-order valence-corrected chi connectivity index (χ4v) is 9.89. The zero-order valence-electron chi connectivity index (χ0n) is 25.0. The second-order valence-corrected chi connectivity index (χ2v) is 14.3. The van der Waals surface area contributed by atoms with Crippen LogP contribution in [0.1, 0.15) is 72.5 Å². The Bertz CT molecular complexity index is 1330. The third-order valence-corrected chi connectivity index (χ3v) is 11.6. The second-order valence-electron chi connectivity index (χ2n) is 14.3. The summed E-state index contributed by atoms with van der Waals surface area (Å²) >= 11 is 0. The number of carbonyl (C=O) groups is 4. The Morgan fingerprint density at radius 3 is 2.38 bits per heavy atom. The maximum absolute atomic E-state index is 14.7. The van der Waals surface area contributed by atoms with Crippen molar-refractivity contribution in [2.24, 2.45) is 39.9 Å². The fourth-order valence-electron chi connectivity index (χ4n) is 9.89. The largest absolute Gasteiger partial charge is 0.472 e. The molecule has 11 atom stereocenters. The van der Waals surface area contributed by atoms with Crippen LogP contribution in [0.5, 0.6) is 0 Å². The molecule has 1 aromatic heterocycles. The summed E-state index contributed by atoms with van der Waals surface area (Å²) in [5.74, 6) is -5.42. The molecule has 3 saturated carbocycles. The van der Waals surface area contributed by atoms with Gasteiger partial charge in [-0.15, -0.1) is 0 Å². The number of aliphatic hydroxyl groups is 2. The number of methoxy groups -OCH3 is 1. The van der Waals surface area contributed by atoms with Crippen molar-refractivity contribution >= 4 is 23.7 Å². The van der Waals surface area contributed by atoms with Gasteiger partial charge >= 0.3 is 17.9 Å². The van der Waals surface area contributed by atoms with Gasteiger partial charge in [0.05, 0.1) is 32.0 Å². The molecule has 2 bridgehead atoms. The molecule has 42 heavy (non-hydrogen) atoms. The smallest absolute Gasteiger partial charge is 0.335 e. The van der Waals surface area contributed by atoms with Crippen molar-refractivity contribution in [3.8, 4) is 0 Å². The lowest BCUT2D eigenvalue weighted by molar-refractivity contribution is -0.261. The topological polar surface area (TPSA) is 162 Å². The number of Topliss-reactive ketones (excluding diaryl/α,β-unsaturated/α-hetero) is 1. The second kappa shape index (κ2) is 8.89. The first-order chi connectivity index (χ1) is 19.5. The van der Waals surface area contributed by atoms with Gasteiger partial charge in [0.2, 0.25) is 0 Å². The van der Waals surface area contributed by atoms with E-state index in [-0.39, 0.29) is 6.42 Å². The summed E-state index contributed by atoms with van der Waals surface area (Å²) in [4.78, 5) is 53.8. The lowest BCUT2D eigenvalue weighted by atomic mass is 9.36. The highest BCUT2D eigenvalue weighted by Crippen LogP contribution is 2.78. The van der Waals surface area contributed by atoms with Crippen molar-refractivity contribution in [1.29, 1.82) is 0 Å². The highest BCUT2D eigenvalue weighted by Gasteiger charge is 2.91. The van der Waals surface area contributed by atoms with Gasteiger partial charge in [0.25, 0.3) is 0 Å². The number of hydrogen-bond acceptors (Lipinski definition) is 11. The molecule has 11 heteroatoms. The lowest BCUT2D eigenvalue weighted by Crippen LogP contribution is -2.81. The van der Waals surface area contributed by atoms with Gasteiger partial charge in [0.15, 0.2) is 17.5 Å². The van der Waals surface area contributed by atoms with E-state index in [1.54, 1.807) is 46.9 Å². The van der Waals surface area contributed by atoms with Crippen molar-refractivity contribution in [1.82, 2.24) is 0 Å². The number of fused-ring (bicyclic) bond motifs is 5. The zero-order valence-corrected chi connectivity index (χ0v) is 25.0. The van der Waals surface area contributed by atoms with E-state index < -0.39 is 99.2 Å². The van der Waals surface area contributed by atoms with Crippen molar-refractivity contribution in [3.05, 3.63) is 24.2 Å². The number of cyclic esters (lactones) is 1. The van der Waals surface area contributed by atoms with Crippen LogP contribution < -0.4 is 0 Å². The van der Waals surface area contributed by atoms with Crippen molar-refractivity contribution in [3.63, 3.8) is 0 Å². The minimum Gasteiger partial charge on any atom is -0.472 e. The Morgan fingerprint density at radius 2 is 1.79 bits per heavy atom. The number of epoxide rings is 1. The summed E-state index contributed by atoms with van der Waals surface area (Å²) < 4.78 is 28.6. The predicted octanol–water partition coefficient (Wildman–Crippen LogP) is 2.52. The number of furan rings is 1. The van der Waals surface area contributed by atoms with Gasteiger partial charge in [0, 0.05) is 39.6 Å². The summed E-state index contributed by atoms with van der Waals surface area (Å²) in [6, 6.07) is 1.75. The third kappa shape index (κ3) is 3.33. The van der Waals surface area contributed by atoms with Gasteiger partial charge in [0.1, 0.15) is 23.9 Å². The number of rotatable bonds is 5. The molecule has 0 amide bonds. The molecule has 230 valence electrons. The van der Waals surface area contributed by atoms with Crippen molar-refractivity contribution in [2.45, 2.75) is 96.4 Å². The molecule has 0 aromatic carbocycles. The SMILES string of the molecule is COC(=O)[C@H](O)[C@H]1C(C)(C)[C@H](OC(=O)C(C)C)[C@@]2(O)C(=O)[C@]1(C)[C@H]1CC[C@@]3(C)[C@H](c4ccoc4)OC(=O)C[C@@H]3[C@]13O[C@H]23. The van der Waals surface area contributed by atoms with Crippen LogP contribution in [0.15, 0.2) is 23.0 Å². The Hall–Kier alpha value is -2.76. The van der Waals surface area contributed by atoms with Gasteiger partial charge < -0.3 is 33.6 Å². The van der Waals surface area contributed by atoms with Crippen molar-refractivity contribution < 1.29 is 52.8 Å². The average molecular weight is 589 g/mol. The molecule has 2 aliphatic heterocycles. The number of carbonyl (C=O) groups excluding carboxylic acids is 4. The van der Waals surface area contributed by atoms with E-state index in [9.17, 15) is 29.4 Å². The first kappa shape index (κ1) is 29.3. The Morgan fingerprint density at radius 1 is 1.10 bits per heavy atom. The normalized spacial score (nSPS) is 45.6. The molecule has 5 fully saturated rings. The van der Waals surface area contributed by atoms with E-state index in [0.717, 1.165) is 7.11 Å². The van der Waals surface area contributed by atoms with E-state index in [1.165, 1.54) is 6.26 Å². The quantitative estimate of drug-likeness (QED) is 0.295. The third-order valence-electron chi connectivity index (χ3n) is 11.6. The van der Waals surface area contributed by atoms with E-state index in [1.807, 2.05) is 6.92 Å². The highest BCUT2D eigenvalue weighted by atomic mass is 16.6. The molecule has 1 aromatic rings. The van der Waals surface area contributed by atoms with E-state index in [4.69, 9.17) is 23.4 Å². The van der Waals surface area contributed by atoms with Crippen LogP contribution in [0, 0.1) is 39.9 Å². The summed E-state index contributed by atoms with van der Waals surface area (Å²) in [6.07, 6.45) is -0.922. The first-order valence-corrected chi connectivity index (χ1v) is 14.7. The first-order valence-electron chi connectivity index (χ1n) is 14.7. The van der Waals surface area contributed by atoms with Gasteiger partial charge in [-0.3, -0.25) is 14.4 Å². The minimum atomic E-state index is -2.30. The van der Waals surface area contributed by atoms with Gasteiger partial charge in [-0.05, 0) is 18.9 Å². The van der Waals surface area contributed by atoms with Gasteiger partial charge in [-0.25, -0.2) is 4.79 Å². The van der Waals surface area contributed by atoms with Crippen LogP contribution in [-0.2, 0) is 38.1 Å². The molecule has 11 nitrogen and oxygen atoms in total. The van der Waals surface area contributed by atoms with Crippen LogP contribution in [0.3, 0.4) is 0 Å². The highest BCUT2D eigenvalue weighted by molar-refractivity contribution is 5.99. The predicted molar refractivity (Wildman–Crippen MR) is 142 cm³/mol. The molecule has 5 aliphatic rings. The van der Waals surface area contributed by atoms with E-state index in [2.05, 4.69) is 0 Å². The Balaban J connectivity index is 1.55. The monoisotopic (exact) mass is 588 g/mol. The van der Waals surface area contributed by atoms with Crippen LogP contribution in [0.25, 0.3) is 0 Å². The molecule has 0 radical (unpaired) electrons. The molecule has 2 saturated heterocycles. The van der Waals surface area contributed by atoms with Crippen molar-refractivity contribution in [2.75, 3.05) is 7.11 Å². The number of ether oxygens (including phenoxy) is 4. The van der Waals surface area contributed by atoms with Crippen LogP contribution in [-0.4, -0.2) is 70.5 Å². The standard InChI is InChI=1S/C31H40O11/c1-14(2)22(34)41-25-27(3,4)20(19(33)23(35)38-7)29(6)16-8-10-28(5)17(31(16)26(42-31)30(25,37)24(29)36)12-18(32)40-21(28)15-9-11-39-13-15/h9,11,13-14,16-17,19-21,25-26,33,37H,8,10,12H2,1-7H3/t16-,17+,19-,20+,21+,25+,26-,28-,29-,30+,31-/m1/s1. The molecule has 2 N–H and O–H groups in total. The Labute approximate surface area is 244 Å². The maximum Gasteiger partial charge on any atom is 0.335 e. The van der Waals surface area contributed by atoms with Gasteiger partial charge in [-0.2, -0.15) is 0 Å². The Kier molecular flexibility index (Phi) is 6.20. The van der Waals surface area contributed by atoms with E-state index >= 15 is 0 Å². The fraction of sp³-hybridized carbons (Fsp3) is 0.742. The summed E-state index contributed by atoms with van der Waals surface area (Å²) in [7, 11) is 1.15. The number of hydrogen-bond donors (Lipinski definition) is 2. The van der Waals surface area contributed by atoms with E-state index in [0.29, 0.717) is 18.4 Å². The van der Waals surface area contributed by atoms with Crippen LogP contribution >= 0.6 is 0 Å². The lowest BCUT2D eigenvalue weighted by Gasteiger charge is -2.67. The van der Waals surface area contributed by atoms with Gasteiger partial charge in [-0.1, -0.05) is 41.5 Å². The molecule has 0 unspecified atom stereocenters. The summed E-state index contributed by atoms with van der Waals surface area (Å²) in [5, 5.41) is 24.1. The summed E-state index contributed by atoms with van der Waals surface area (Å²) in [5.41, 5.74) is -6.22. The number of esters is 3. The van der Waals surface area contributed by atoms with Crippen LogP contribution in [0.2, 0.25) is 0 Å². The molecule has 6 rings (SSSR count). The van der Waals surface area contributed by atoms with Crippen LogP contribution in [0.4, 0.5) is 0 Å². The maximum atomic E-state index is 14.7. The number of aliphatic hydroxyl groups excluding tert-OH is 1. The molecule has 3 heterocycles. The minimum absolute atomic E-state index is 0.0116. The molecule has 1 spiro atoms. The molecular formula is C31H40O11.